The molecule has 0 spiro atoms. The van der Waals surface area contributed by atoms with E-state index < -0.39 is 0 Å². The average Bonchev–Trinajstić information content (AvgIpc) is 3.16. The molecule has 0 aromatic heterocycles. The van der Waals surface area contributed by atoms with Crippen LogP contribution in [0.5, 0.6) is 0 Å². The monoisotopic (exact) mass is 454 g/mol. The van der Waals surface area contributed by atoms with E-state index in [1.807, 2.05) is 0 Å². The standard InChI is InChI=1S/2C9H7.C2H6Ge.2ClH.Ti/c2*1-2-5-9-7-3-6-8(9)4-1;1-3-2;;;/h2*1-7H;1-2H3;2*1H;/q2*-1;;;;+2. The van der Waals surface area contributed by atoms with Crippen LogP contribution in [0.1, 0.15) is 0 Å². The van der Waals surface area contributed by atoms with Gasteiger partial charge in [0.1, 0.15) is 0 Å². The summed E-state index contributed by atoms with van der Waals surface area (Å²) in [7, 11) is -0.333. The summed E-state index contributed by atoms with van der Waals surface area (Å²) in [6.07, 6.45) is 0. The summed E-state index contributed by atoms with van der Waals surface area (Å²) in [6.45, 7) is 0. The number of rotatable bonds is 0. The minimum Gasteiger partial charge on any atom is -0.168 e. The van der Waals surface area contributed by atoms with E-state index in [4.69, 9.17) is 0 Å². The molecule has 0 N–H and O–H groups in total. The predicted octanol–water partition coefficient (Wildman–Crippen LogP) is 6.75. The van der Waals surface area contributed by atoms with Crippen LogP contribution >= 0.6 is 24.8 Å². The van der Waals surface area contributed by atoms with Crippen LogP contribution in [0.2, 0.25) is 11.5 Å². The number of fused-ring (bicyclic) bond motifs is 2. The first-order chi connectivity index (χ1) is 10.7. The molecule has 0 aliphatic carbocycles. The van der Waals surface area contributed by atoms with Crippen LogP contribution < -0.4 is 0 Å². The molecule has 0 saturated heterocycles. The van der Waals surface area contributed by atoms with E-state index in [-0.39, 0.29) is 35.8 Å². The Labute approximate surface area is 170 Å². The quantitative estimate of drug-likeness (QED) is 0.204. The number of halogens is 2. The SMILES string of the molecule is Cl.Cl.[CH3][Ge]([CH3])=[Ti+2].c1ccc2[cH-]ccc2c1.c1ccc2[cH-]ccc2c1. The fourth-order valence-corrected chi connectivity index (χ4v) is 2.14. The first-order valence-corrected chi connectivity index (χ1v) is 16.7. The summed E-state index contributed by atoms with van der Waals surface area (Å²) in [5.41, 5.74) is 0. The Hall–Kier alpha value is -0.503. The third-order valence-electron chi connectivity index (χ3n) is 3.10. The van der Waals surface area contributed by atoms with Crippen molar-refractivity contribution in [3.63, 3.8) is 0 Å². The first kappa shape index (κ1) is 23.5. The topological polar surface area (TPSA) is 0 Å². The van der Waals surface area contributed by atoms with Gasteiger partial charge in [-0.2, -0.15) is 35.0 Å². The van der Waals surface area contributed by atoms with Gasteiger partial charge in [-0.1, -0.05) is 12.1 Å². The summed E-state index contributed by atoms with van der Waals surface area (Å²) in [4.78, 5) is 0. The molecule has 0 aliphatic rings. The molecule has 0 heterocycles. The van der Waals surface area contributed by atoms with Gasteiger partial charge in [0, 0.05) is 0 Å². The van der Waals surface area contributed by atoms with Gasteiger partial charge in [0.25, 0.3) is 0 Å². The van der Waals surface area contributed by atoms with E-state index >= 15 is 0 Å². The van der Waals surface area contributed by atoms with Crippen molar-refractivity contribution >= 4 is 57.3 Å². The molecule has 4 aromatic rings. The van der Waals surface area contributed by atoms with Gasteiger partial charge in [0.15, 0.2) is 0 Å². The van der Waals surface area contributed by atoms with Crippen molar-refractivity contribution in [2.24, 2.45) is 0 Å². The fraction of sp³-hybridized carbons (Fsp3) is 0.100. The van der Waals surface area contributed by atoms with E-state index in [1.54, 1.807) is 0 Å². The van der Waals surface area contributed by atoms with E-state index in [0.717, 1.165) is 0 Å². The Morgan fingerprint density at radius 3 is 1.33 bits per heavy atom. The molecule has 4 aromatic carbocycles. The average molecular weight is 454 g/mol. The third kappa shape index (κ3) is 8.05. The summed E-state index contributed by atoms with van der Waals surface area (Å²) in [5.74, 6) is 4.67. The molecule has 0 bridgehead atoms. The van der Waals surface area contributed by atoms with Gasteiger partial charge in [-0.3, -0.25) is 0 Å². The van der Waals surface area contributed by atoms with Gasteiger partial charge >= 0.3 is 40.1 Å². The molecule has 0 fully saturated rings. The van der Waals surface area contributed by atoms with Crippen molar-refractivity contribution in [1.82, 2.24) is 0 Å². The molecular weight excluding hydrogens is 432 g/mol. The molecule has 0 atom stereocenters. The van der Waals surface area contributed by atoms with E-state index in [9.17, 15) is 0 Å². The molecule has 4 heteroatoms. The van der Waals surface area contributed by atoms with Gasteiger partial charge < -0.3 is 0 Å². The van der Waals surface area contributed by atoms with Gasteiger partial charge in [-0.25, -0.2) is 0 Å². The second-order valence-electron chi connectivity index (χ2n) is 5.31. The molecule has 0 radical (unpaired) electrons. The second-order valence-corrected chi connectivity index (χ2v) is 17.6. The first-order valence-electron chi connectivity index (χ1n) is 7.39. The van der Waals surface area contributed by atoms with Crippen molar-refractivity contribution in [2.45, 2.75) is 11.5 Å². The zero-order valence-electron chi connectivity index (χ0n) is 13.9. The van der Waals surface area contributed by atoms with Crippen LogP contribution in [-0.2, 0) is 17.6 Å². The van der Waals surface area contributed by atoms with Crippen LogP contribution in [-0.4, -0.2) is 11.0 Å². The van der Waals surface area contributed by atoms with Crippen LogP contribution in [0, 0.1) is 0 Å². The Bertz CT molecular complexity index is 718. The summed E-state index contributed by atoms with van der Waals surface area (Å²) < 4.78 is 0. The molecule has 0 saturated carbocycles. The van der Waals surface area contributed by atoms with Gasteiger partial charge in [0.05, 0.1) is 0 Å². The minimum absolute atomic E-state index is 0. The fourth-order valence-electron chi connectivity index (χ4n) is 2.14. The summed E-state index contributed by atoms with van der Waals surface area (Å²) in [6, 6.07) is 29.3. The summed E-state index contributed by atoms with van der Waals surface area (Å²) >= 11 is 2.33. The zero-order valence-corrected chi connectivity index (χ0v) is 19.2. The Morgan fingerprint density at radius 1 is 0.667 bits per heavy atom. The van der Waals surface area contributed by atoms with Crippen molar-refractivity contribution in [3.8, 4) is 0 Å². The van der Waals surface area contributed by atoms with E-state index in [1.165, 1.54) is 21.5 Å². The molecular formula is C20H22Cl2GeTi. The van der Waals surface area contributed by atoms with Crippen molar-refractivity contribution in [3.05, 3.63) is 84.9 Å². The molecule has 0 aliphatic heterocycles. The number of hydrogen-bond acceptors (Lipinski definition) is 0. The Morgan fingerprint density at radius 2 is 1.00 bits per heavy atom. The van der Waals surface area contributed by atoms with Crippen LogP contribution in [0.4, 0.5) is 0 Å². The number of benzene rings is 2. The molecule has 24 heavy (non-hydrogen) atoms. The maximum Gasteiger partial charge on any atom is -0.0809 e. The molecule has 0 nitrogen and oxygen atoms in total. The van der Waals surface area contributed by atoms with Gasteiger partial charge in [-0.15, -0.1) is 84.1 Å². The van der Waals surface area contributed by atoms with Crippen LogP contribution in [0.15, 0.2) is 84.9 Å². The van der Waals surface area contributed by atoms with Gasteiger partial charge in [0.2, 0.25) is 0 Å². The van der Waals surface area contributed by atoms with Crippen molar-refractivity contribution in [1.29, 1.82) is 0 Å². The summed E-state index contributed by atoms with van der Waals surface area (Å²) in [5, 5.41) is 5.32. The van der Waals surface area contributed by atoms with Crippen molar-refractivity contribution < 1.29 is 17.6 Å². The zero-order chi connectivity index (χ0) is 15.8. The molecule has 124 valence electrons. The van der Waals surface area contributed by atoms with Crippen LogP contribution in [0.3, 0.4) is 0 Å². The predicted molar refractivity (Wildman–Crippen MR) is 111 cm³/mol. The maximum absolute atomic E-state index is 2.33. The van der Waals surface area contributed by atoms with Gasteiger partial charge in [-0.05, 0) is 0 Å². The third-order valence-corrected chi connectivity index (χ3v) is 3.10. The second kappa shape index (κ2) is 12.8. The smallest absolute Gasteiger partial charge is 0.0809 e. The Kier molecular flexibility index (Phi) is 12.5. The van der Waals surface area contributed by atoms with Crippen LogP contribution in [0.25, 0.3) is 21.5 Å². The normalized spacial score (nSPS) is 8.83. The van der Waals surface area contributed by atoms with Crippen molar-refractivity contribution in [2.75, 3.05) is 0 Å². The van der Waals surface area contributed by atoms with E-state index in [0.29, 0.717) is 0 Å². The van der Waals surface area contributed by atoms with E-state index in [2.05, 4.69) is 114 Å². The minimum atomic E-state index is -0.333. The largest absolute Gasteiger partial charge is 0.168 e. The Balaban J connectivity index is 0.000000341. The molecule has 0 amide bonds. The maximum atomic E-state index is 2.33. The number of hydrogen-bond donors (Lipinski definition) is 0. The molecule has 0 unspecified atom stereocenters. The molecule has 4 rings (SSSR count).